The number of phenolic OH excluding ortho intramolecular Hbond substituents is 1. The molecule has 4 heteroatoms. The smallest absolute Gasteiger partial charge is 0.304 e. The summed E-state index contributed by atoms with van der Waals surface area (Å²) in [5.74, 6) is -0.430. The number of rotatable bonds is 4. The van der Waals surface area contributed by atoms with E-state index in [9.17, 15) is 9.90 Å². The van der Waals surface area contributed by atoms with Crippen LogP contribution in [0.15, 0.2) is 17.0 Å². The molecule has 0 fully saturated rings. The van der Waals surface area contributed by atoms with Crippen molar-refractivity contribution in [2.75, 3.05) is 0 Å². The molecule has 0 aliphatic rings. The molecule has 0 aromatic heterocycles. The summed E-state index contributed by atoms with van der Waals surface area (Å²) in [6.07, 6.45) is 0.126. The molecular formula is C18H28O3S. The number of phenols is 1. The molecule has 0 aliphatic carbocycles. The number of aliphatic carboxylic acids is 1. The molecular weight excluding hydrogens is 296 g/mol. The lowest BCUT2D eigenvalue weighted by molar-refractivity contribution is -0.136. The molecule has 3 nitrogen and oxygen atoms in total. The lowest BCUT2D eigenvalue weighted by Crippen LogP contribution is -2.17. The van der Waals surface area contributed by atoms with Gasteiger partial charge < -0.3 is 10.2 Å². The number of thioether (sulfide) groups is 1. The normalized spacial score (nSPS) is 14.0. The number of carboxylic acids is 1. The molecule has 0 spiro atoms. The van der Waals surface area contributed by atoms with Crippen LogP contribution in [0.4, 0.5) is 0 Å². The van der Waals surface area contributed by atoms with Gasteiger partial charge in [0.15, 0.2) is 0 Å². The van der Waals surface area contributed by atoms with Gasteiger partial charge in [0.25, 0.3) is 0 Å². The zero-order valence-corrected chi connectivity index (χ0v) is 15.5. The molecule has 0 bridgehead atoms. The Morgan fingerprint density at radius 1 is 1.09 bits per heavy atom. The quantitative estimate of drug-likeness (QED) is 0.770. The summed E-state index contributed by atoms with van der Waals surface area (Å²) >= 11 is 1.55. The first-order valence-electron chi connectivity index (χ1n) is 7.59. The van der Waals surface area contributed by atoms with E-state index in [0.29, 0.717) is 5.75 Å². The monoisotopic (exact) mass is 324 g/mol. The average molecular weight is 324 g/mol. The molecule has 0 radical (unpaired) electrons. The van der Waals surface area contributed by atoms with Crippen LogP contribution in [0, 0.1) is 0 Å². The van der Waals surface area contributed by atoms with Crippen molar-refractivity contribution < 1.29 is 15.0 Å². The van der Waals surface area contributed by atoms with Gasteiger partial charge in [-0.1, -0.05) is 48.5 Å². The van der Waals surface area contributed by atoms with E-state index in [-0.39, 0.29) is 22.5 Å². The lowest BCUT2D eigenvalue weighted by Gasteiger charge is -2.28. The minimum absolute atomic E-state index is 0.0114. The van der Waals surface area contributed by atoms with Crippen molar-refractivity contribution in [3.8, 4) is 5.75 Å². The maximum absolute atomic E-state index is 10.9. The van der Waals surface area contributed by atoms with Crippen molar-refractivity contribution in [2.45, 2.75) is 75.9 Å². The van der Waals surface area contributed by atoms with Crippen LogP contribution in [0.3, 0.4) is 0 Å². The van der Waals surface area contributed by atoms with Gasteiger partial charge in [0.05, 0.1) is 6.42 Å². The largest absolute Gasteiger partial charge is 0.507 e. The van der Waals surface area contributed by atoms with E-state index in [0.717, 1.165) is 16.0 Å². The van der Waals surface area contributed by atoms with E-state index >= 15 is 0 Å². The number of carbonyl (C=O) groups is 1. The Labute approximate surface area is 138 Å². The van der Waals surface area contributed by atoms with E-state index in [2.05, 4.69) is 41.5 Å². The Morgan fingerprint density at radius 3 is 1.82 bits per heavy atom. The second kappa shape index (κ2) is 6.53. The van der Waals surface area contributed by atoms with Crippen LogP contribution in [0.2, 0.25) is 0 Å². The average Bonchev–Trinajstić information content (AvgIpc) is 2.26. The van der Waals surface area contributed by atoms with Crippen molar-refractivity contribution in [1.29, 1.82) is 0 Å². The topological polar surface area (TPSA) is 57.5 Å². The Balaban J connectivity index is 3.32. The Bertz CT molecular complexity index is 515. The van der Waals surface area contributed by atoms with Crippen molar-refractivity contribution in [3.63, 3.8) is 0 Å². The SMILES string of the molecule is CC(CC(=O)O)Sc1cc(C(C)(C)C)c(O)c(C(C)(C)C)c1. The van der Waals surface area contributed by atoms with Gasteiger partial charge in [-0.2, -0.15) is 0 Å². The summed E-state index contributed by atoms with van der Waals surface area (Å²) in [5, 5.41) is 19.6. The van der Waals surface area contributed by atoms with E-state index in [1.54, 1.807) is 11.8 Å². The molecule has 0 saturated heterocycles. The standard InChI is InChI=1S/C18H28O3S/c1-11(8-15(19)20)22-12-9-13(17(2,3)4)16(21)14(10-12)18(5,6)7/h9-11,21H,8H2,1-7H3,(H,19,20). The minimum Gasteiger partial charge on any atom is -0.507 e. The molecule has 0 saturated carbocycles. The minimum atomic E-state index is -0.786. The summed E-state index contributed by atoms with van der Waals surface area (Å²) in [6, 6.07) is 3.99. The molecule has 124 valence electrons. The van der Waals surface area contributed by atoms with Gasteiger partial charge in [0.1, 0.15) is 5.75 Å². The number of hydrogen-bond acceptors (Lipinski definition) is 3. The van der Waals surface area contributed by atoms with Gasteiger partial charge in [-0.3, -0.25) is 4.79 Å². The molecule has 1 aromatic rings. The fourth-order valence-electron chi connectivity index (χ4n) is 2.34. The molecule has 22 heavy (non-hydrogen) atoms. The van der Waals surface area contributed by atoms with Gasteiger partial charge in [0, 0.05) is 21.3 Å². The van der Waals surface area contributed by atoms with Gasteiger partial charge in [0.2, 0.25) is 0 Å². The molecule has 1 rings (SSSR count). The molecule has 1 aromatic carbocycles. The fraction of sp³-hybridized carbons (Fsp3) is 0.611. The summed E-state index contributed by atoms with van der Waals surface area (Å²) in [4.78, 5) is 11.9. The molecule has 1 unspecified atom stereocenters. The van der Waals surface area contributed by atoms with Gasteiger partial charge in [-0.15, -0.1) is 11.8 Å². The van der Waals surface area contributed by atoms with Crippen LogP contribution in [-0.4, -0.2) is 21.4 Å². The zero-order valence-electron chi connectivity index (χ0n) is 14.7. The summed E-state index contributed by atoms with van der Waals surface area (Å²) in [5.41, 5.74) is 1.47. The number of aromatic hydroxyl groups is 1. The van der Waals surface area contributed by atoms with Crippen LogP contribution in [0.5, 0.6) is 5.75 Å². The van der Waals surface area contributed by atoms with Gasteiger partial charge >= 0.3 is 5.97 Å². The van der Waals surface area contributed by atoms with Crippen LogP contribution < -0.4 is 0 Å². The highest BCUT2D eigenvalue weighted by atomic mass is 32.2. The van der Waals surface area contributed by atoms with Crippen LogP contribution in [0.25, 0.3) is 0 Å². The maximum Gasteiger partial charge on any atom is 0.304 e. The molecule has 0 heterocycles. The second-order valence-electron chi connectivity index (χ2n) is 7.89. The van der Waals surface area contributed by atoms with Gasteiger partial charge in [-0.25, -0.2) is 0 Å². The first-order chi connectivity index (χ1) is 9.82. The molecule has 0 amide bonds. The highest BCUT2D eigenvalue weighted by molar-refractivity contribution is 8.00. The van der Waals surface area contributed by atoms with E-state index in [1.807, 2.05) is 19.1 Å². The van der Waals surface area contributed by atoms with Crippen molar-refractivity contribution in [1.82, 2.24) is 0 Å². The van der Waals surface area contributed by atoms with Crippen LogP contribution in [-0.2, 0) is 15.6 Å². The molecule has 0 aliphatic heterocycles. The fourth-order valence-corrected chi connectivity index (χ4v) is 3.40. The Morgan fingerprint density at radius 2 is 1.50 bits per heavy atom. The van der Waals surface area contributed by atoms with E-state index in [1.165, 1.54) is 0 Å². The van der Waals surface area contributed by atoms with Crippen molar-refractivity contribution in [3.05, 3.63) is 23.3 Å². The summed E-state index contributed by atoms with van der Waals surface area (Å²) in [6.45, 7) is 14.4. The van der Waals surface area contributed by atoms with Crippen molar-refractivity contribution >= 4 is 17.7 Å². The lowest BCUT2D eigenvalue weighted by atomic mass is 9.79. The number of hydrogen-bond donors (Lipinski definition) is 2. The number of benzene rings is 1. The third-order valence-electron chi connectivity index (χ3n) is 3.50. The maximum atomic E-state index is 10.9. The highest BCUT2D eigenvalue weighted by Gasteiger charge is 2.27. The molecule has 2 N–H and O–H groups in total. The summed E-state index contributed by atoms with van der Waals surface area (Å²) in [7, 11) is 0. The van der Waals surface area contributed by atoms with Crippen LogP contribution in [0.1, 0.15) is 66.0 Å². The van der Waals surface area contributed by atoms with E-state index in [4.69, 9.17) is 5.11 Å². The predicted molar refractivity (Wildman–Crippen MR) is 93.1 cm³/mol. The van der Waals surface area contributed by atoms with Crippen LogP contribution >= 0.6 is 11.8 Å². The third kappa shape index (κ3) is 4.94. The second-order valence-corrected chi connectivity index (χ2v) is 9.41. The summed E-state index contributed by atoms with van der Waals surface area (Å²) < 4.78 is 0. The van der Waals surface area contributed by atoms with E-state index < -0.39 is 5.97 Å². The Kier molecular flexibility index (Phi) is 5.61. The first-order valence-corrected chi connectivity index (χ1v) is 8.46. The zero-order chi connectivity index (χ0) is 17.3. The predicted octanol–water partition coefficient (Wildman–Crippen LogP) is 4.94. The van der Waals surface area contributed by atoms with Crippen molar-refractivity contribution in [2.24, 2.45) is 0 Å². The number of carboxylic acid groups (broad SMARTS) is 1. The first kappa shape index (κ1) is 18.9. The third-order valence-corrected chi connectivity index (χ3v) is 4.58. The highest BCUT2D eigenvalue weighted by Crippen LogP contribution is 2.42. The van der Waals surface area contributed by atoms with Gasteiger partial charge in [-0.05, 0) is 23.0 Å². The Hall–Kier alpha value is -1.16. The molecule has 1 atom stereocenters.